The molecule has 0 fully saturated rings. The maximum atomic E-state index is 6.00. The Morgan fingerprint density at radius 1 is 1.41 bits per heavy atom. The lowest BCUT2D eigenvalue weighted by Crippen LogP contribution is -2.25. The van der Waals surface area contributed by atoms with E-state index in [1.807, 2.05) is 18.2 Å². The topological polar surface area (TPSA) is 34.1 Å². The molecule has 4 heteroatoms. The molecule has 0 saturated carbocycles. The Morgan fingerprint density at radius 2 is 2.29 bits per heavy atom. The quantitative estimate of drug-likeness (QED) is 0.842. The molecule has 88 valence electrons. The zero-order chi connectivity index (χ0) is 11.8. The SMILES string of the molecule is COc1c2c(nc3cc(Cl)ccc13)CNCC2. The van der Waals surface area contributed by atoms with Gasteiger partial charge >= 0.3 is 0 Å². The Balaban J connectivity index is 2.34. The number of nitrogens with zero attached hydrogens (tertiary/aromatic N) is 1. The lowest BCUT2D eigenvalue weighted by Gasteiger charge is -2.20. The highest BCUT2D eigenvalue weighted by Crippen LogP contribution is 2.33. The average Bonchev–Trinajstić information content (AvgIpc) is 2.35. The summed E-state index contributed by atoms with van der Waals surface area (Å²) in [6.07, 6.45) is 0.962. The second-order valence-corrected chi connectivity index (χ2v) is 4.59. The molecule has 1 aliphatic rings. The van der Waals surface area contributed by atoms with Crippen LogP contribution in [-0.4, -0.2) is 18.6 Å². The molecule has 0 aliphatic carbocycles. The molecule has 1 aromatic heterocycles. The summed E-state index contributed by atoms with van der Waals surface area (Å²) in [6.45, 7) is 1.78. The number of fused-ring (bicyclic) bond motifs is 2. The Kier molecular flexibility index (Phi) is 2.65. The van der Waals surface area contributed by atoms with Crippen molar-refractivity contribution < 1.29 is 4.74 Å². The van der Waals surface area contributed by atoms with Crippen molar-refractivity contribution in [2.24, 2.45) is 0 Å². The number of rotatable bonds is 1. The third kappa shape index (κ3) is 1.75. The van der Waals surface area contributed by atoms with Crippen LogP contribution in [-0.2, 0) is 13.0 Å². The fourth-order valence-electron chi connectivity index (χ4n) is 2.35. The zero-order valence-electron chi connectivity index (χ0n) is 9.59. The number of aromatic nitrogens is 1. The van der Waals surface area contributed by atoms with E-state index in [1.165, 1.54) is 5.56 Å². The molecule has 3 nitrogen and oxygen atoms in total. The third-order valence-electron chi connectivity index (χ3n) is 3.13. The average molecular weight is 249 g/mol. The normalized spacial score (nSPS) is 14.7. The number of pyridine rings is 1. The molecule has 3 rings (SSSR count). The maximum Gasteiger partial charge on any atom is 0.133 e. The van der Waals surface area contributed by atoms with E-state index in [0.29, 0.717) is 5.02 Å². The van der Waals surface area contributed by atoms with Gasteiger partial charge in [0.1, 0.15) is 5.75 Å². The molecule has 0 radical (unpaired) electrons. The molecular weight excluding hydrogens is 236 g/mol. The van der Waals surface area contributed by atoms with Crippen LogP contribution >= 0.6 is 11.6 Å². The maximum absolute atomic E-state index is 6.00. The van der Waals surface area contributed by atoms with Gasteiger partial charge in [-0.1, -0.05) is 11.6 Å². The summed E-state index contributed by atoms with van der Waals surface area (Å²) in [6, 6.07) is 5.74. The monoisotopic (exact) mass is 248 g/mol. The minimum atomic E-state index is 0.704. The summed E-state index contributed by atoms with van der Waals surface area (Å²) in [7, 11) is 1.71. The van der Waals surface area contributed by atoms with E-state index in [-0.39, 0.29) is 0 Å². The van der Waals surface area contributed by atoms with Crippen molar-refractivity contribution in [2.75, 3.05) is 13.7 Å². The fourth-order valence-corrected chi connectivity index (χ4v) is 2.52. The van der Waals surface area contributed by atoms with Crippen molar-refractivity contribution >= 4 is 22.5 Å². The largest absolute Gasteiger partial charge is 0.496 e. The minimum absolute atomic E-state index is 0.704. The first-order valence-electron chi connectivity index (χ1n) is 5.65. The van der Waals surface area contributed by atoms with Crippen molar-refractivity contribution in [3.05, 3.63) is 34.5 Å². The van der Waals surface area contributed by atoms with Gasteiger partial charge in [-0.15, -0.1) is 0 Å². The molecule has 2 heterocycles. The summed E-state index contributed by atoms with van der Waals surface area (Å²) in [5.74, 6) is 0.947. The third-order valence-corrected chi connectivity index (χ3v) is 3.37. The van der Waals surface area contributed by atoms with Crippen molar-refractivity contribution in [1.82, 2.24) is 10.3 Å². The van der Waals surface area contributed by atoms with Crippen molar-refractivity contribution in [3.63, 3.8) is 0 Å². The molecule has 1 N–H and O–H groups in total. The predicted octanol–water partition coefficient (Wildman–Crippen LogP) is 2.54. The van der Waals surface area contributed by atoms with E-state index >= 15 is 0 Å². The molecule has 2 aromatic rings. The predicted molar refractivity (Wildman–Crippen MR) is 68.7 cm³/mol. The number of halogens is 1. The van der Waals surface area contributed by atoms with E-state index < -0.39 is 0 Å². The van der Waals surface area contributed by atoms with Crippen molar-refractivity contribution in [1.29, 1.82) is 0 Å². The summed E-state index contributed by atoms with van der Waals surface area (Å²) < 4.78 is 5.55. The van der Waals surface area contributed by atoms with Gasteiger partial charge in [0.05, 0.1) is 18.3 Å². The minimum Gasteiger partial charge on any atom is -0.496 e. The zero-order valence-corrected chi connectivity index (χ0v) is 10.3. The van der Waals surface area contributed by atoms with E-state index in [2.05, 4.69) is 10.3 Å². The van der Waals surface area contributed by atoms with Crippen LogP contribution in [0.15, 0.2) is 18.2 Å². The first-order valence-corrected chi connectivity index (χ1v) is 6.03. The molecule has 0 saturated heterocycles. The fraction of sp³-hybridized carbons (Fsp3) is 0.308. The highest BCUT2D eigenvalue weighted by atomic mass is 35.5. The van der Waals surface area contributed by atoms with Crippen LogP contribution < -0.4 is 10.1 Å². The lowest BCUT2D eigenvalue weighted by atomic mass is 10.0. The summed E-state index contributed by atoms with van der Waals surface area (Å²) in [4.78, 5) is 4.66. The summed E-state index contributed by atoms with van der Waals surface area (Å²) >= 11 is 6.00. The van der Waals surface area contributed by atoms with Crippen molar-refractivity contribution in [2.45, 2.75) is 13.0 Å². The first-order chi connectivity index (χ1) is 8.29. The van der Waals surface area contributed by atoms with Crippen LogP contribution in [0.1, 0.15) is 11.3 Å². The molecule has 1 aliphatic heterocycles. The van der Waals surface area contributed by atoms with E-state index in [9.17, 15) is 0 Å². The Labute approximate surface area is 105 Å². The van der Waals surface area contributed by atoms with Crippen LogP contribution in [0.5, 0.6) is 5.75 Å². The summed E-state index contributed by atoms with van der Waals surface area (Å²) in [5.41, 5.74) is 3.20. The smallest absolute Gasteiger partial charge is 0.133 e. The molecule has 0 atom stereocenters. The van der Waals surface area contributed by atoms with Gasteiger partial charge in [-0.2, -0.15) is 0 Å². The standard InChI is InChI=1S/C13H13ClN2O/c1-17-13-9-3-2-8(14)6-11(9)16-12-7-15-5-4-10(12)13/h2-3,6,15H,4-5,7H2,1H3. The second-order valence-electron chi connectivity index (χ2n) is 4.16. The molecule has 0 amide bonds. The Morgan fingerprint density at radius 3 is 3.12 bits per heavy atom. The lowest BCUT2D eigenvalue weighted by molar-refractivity contribution is 0.410. The Bertz CT molecular complexity index is 583. The van der Waals surface area contributed by atoms with Gasteiger partial charge in [-0.05, 0) is 31.2 Å². The van der Waals surface area contributed by atoms with Gasteiger partial charge in [0.25, 0.3) is 0 Å². The second kappa shape index (κ2) is 4.17. The van der Waals surface area contributed by atoms with Gasteiger partial charge in [0, 0.05) is 22.5 Å². The van der Waals surface area contributed by atoms with Gasteiger partial charge in [0.2, 0.25) is 0 Å². The molecule has 1 aromatic carbocycles. The first kappa shape index (κ1) is 10.8. The number of nitrogens with one attached hydrogen (secondary N) is 1. The highest BCUT2D eigenvalue weighted by Gasteiger charge is 2.18. The van der Waals surface area contributed by atoms with Gasteiger partial charge in [-0.3, -0.25) is 4.98 Å². The van der Waals surface area contributed by atoms with Gasteiger partial charge < -0.3 is 10.1 Å². The van der Waals surface area contributed by atoms with Gasteiger partial charge in [0.15, 0.2) is 0 Å². The van der Waals surface area contributed by atoms with Crippen LogP contribution in [0.2, 0.25) is 5.02 Å². The number of hydrogen-bond donors (Lipinski definition) is 1. The molecule has 17 heavy (non-hydrogen) atoms. The number of hydrogen-bond acceptors (Lipinski definition) is 3. The summed E-state index contributed by atoms with van der Waals surface area (Å²) in [5, 5.41) is 5.06. The number of benzene rings is 1. The number of methoxy groups -OCH3 is 1. The van der Waals surface area contributed by atoms with Crippen LogP contribution in [0.25, 0.3) is 10.9 Å². The van der Waals surface area contributed by atoms with Crippen molar-refractivity contribution in [3.8, 4) is 5.75 Å². The van der Waals surface area contributed by atoms with E-state index in [0.717, 1.165) is 41.9 Å². The number of ether oxygens (including phenoxy) is 1. The Hall–Kier alpha value is -1.32. The van der Waals surface area contributed by atoms with Crippen LogP contribution in [0, 0.1) is 0 Å². The molecule has 0 bridgehead atoms. The molecule has 0 unspecified atom stereocenters. The highest BCUT2D eigenvalue weighted by molar-refractivity contribution is 6.31. The van der Waals surface area contributed by atoms with E-state index in [4.69, 9.17) is 16.3 Å². The van der Waals surface area contributed by atoms with Crippen LogP contribution in [0.3, 0.4) is 0 Å². The van der Waals surface area contributed by atoms with Crippen LogP contribution in [0.4, 0.5) is 0 Å². The van der Waals surface area contributed by atoms with Gasteiger partial charge in [-0.25, -0.2) is 0 Å². The van der Waals surface area contributed by atoms with E-state index in [1.54, 1.807) is 7.11 Å². The molecule has 0 spiro atoms. The molecular formula is C13H13ClN2O.